The first kappa shape index (κ1) is 12.8. The molecule has 0 aliphatic heterocycles. The number of allylic oxidation sites excluding steroid dienone is 1. The Labute approximate surface area is 116 Å². The van der Waals surface area contributed by atoms with Gasteiger partial charge in [-0.15, -0.1) is 11.3 Å². The highest BCUT2D eigenvalue weighted by Crippen LogP contribution is 2.29. The number of nitrogens with zero attached hydrogens (tertiary/aromatic N) is 1. The molecule has 0 amide bonds. The van der Waals surface area contributed by atoms with Gasteiger partial charge in [-0.2, -0.15) is 5.26 Å². The molecule has 2 nitrogen and oxygen atoms in total. The van der Waals surface area contributed by atoms with Crippen LogP contribution in [0.25, 0.3) is 11.3 Å². The molecule has 0 fully saturated rings. The molecule has 0 unspecified atom stereocenters. The quantitative estimate of drug-likeness (QED) is 0.849. The van der Waals surface area contributed by atoms with Gasteiger partial charge in [-0.1, -0.05) is 6.07 Å². The van der Waals surface area contributed by atoms with Gasteiger partial charge >= 0.3 is 0 Å². The van der Waals surface area contributed by atoms with E-state index in [4.69, 9.17) is 5.73 Å². The molecule has 0 radical (unpaired) electrons. The molecule has 2 rings (SSSR count). The summed E-state index contributed by atoms with van der Waals surface area (Å²) in [6, 6.07) is 9.97. The molecular weight excluding hydrogens is 315 g/mol. The van der Waals surface area contributed by atoms with Crippen LogP contribution in [-0.2, 0) is 0 Å². The molecule has 0 bridgehead atoms. The van der Waals surface area contributed by atoms with Gasteiger partial charge in [0.1, 0.15) is 11.9 Å². The van der Waals surface area contributed by atoms with Crippen molar-refractivity contribution in [3.05, 3.63) is 56.4 Å². The highest BCUT2D eigenvalue weighted by Gasteiger charge is 2.12. The minimum Gasteiger partial charge on any atom is -0.397 e. The molecule has 18 heavy (non-hydrogen) atoms. The fourth-order valence-corrected chi connectivity index (χ4v) is 2.81. The van der Waals surface area contributed by atoms with E-state index in [1.54, 1.807) is 6.07 Å². The Balaban J connectivity index is 2.58. The van der Waals surface area contributed by atoms with Crippen molar-refractivity contribution in [2.45, 2.75) is 0 Å². The van der Waals surface area contributed by atoms with Crippen LogP contribution in [0.3, 0.4) is 0 Å². The Kier molecular flexibility index (Phi) is 3.80. The van der Waals surface area contributed by atoms with E-state index in [9.17, 15) is 9.65 Å². The maximum atomic E-state index is 13.0. The molecule has 90 valence electrons. The molecule has 0 aliphatic rings. The average Bonchev–Trinajstić information content (AvgIpc) is 2.83. The van der Waals surface area contributed by atoms with Gasteiger partial charge < -0.3 is 5.73 Å². The first-order valence-electron chi connectivity index (χ1n) is 5.02. The zero-order valence-electron chi connectivity index (χ0n) is 9.15. The minimum atomic E-state index is -0.354. The second-order valence-corrected chi connectivity index (χ2v) is 5.30. The molecule has 2 aromatic rings. The third kappa shape index (κ3) is 2.45. The molecule has 0 saturated carbocycles. The predicted octanol–water partition coefficient (Wildman–Crippen LogP) is 4.00. The molecule has 0 atom stereocenters. The van der Waals surface area contributed by atoms with Crippen LogP contribution in [0.5, 0.6) is 0 Å². The van der Waals surface area contributed by atoms with E-state index in [0.29, 0.717) is 21.3 Å². The van der Waals surface area contributed by atoms with Crippen LogP contribution in [0.15, 0.2) is 40.2 Å². The molecule has 0 aliphatic carbocycles. The van der Waals surface area contributed by atoms with Gasteiger partial charge in [0.05, 0.1) is 11.3 Å². The van der Waals surface area contributed by atoms with Gasteiger partial charge in [-0.3, -0.25) is 0 Å². The van der Waals surface area contributed by atoms with E-state index in [1.165, 1.54) is 23.5 Å². The maximum Gasteiger partial charge on any atom is 0.124 e. The summed E-state index contributed by atoms with van der Waals surface area (Å²) in [5, 5.41) is 11.1. The molecule has 5 heteroatoms. The molecule has 1 heterocycles. The van der Waals surface area contributed by atoms with E-state index in [0.717, 1.165) is 4.88 Å². The highest BCUT2D eigenvalue weighted by atomic mass is 79.9. The van der Waals surface area contributed by atoms with Gasteiger partial charge in [-0.25, -0.2) is 4.39 Å². The predicted molar refractivity (Wildman–Crippen MR) is 75.0 cm³/mol. The monoisotopic (exact) mass is 322 g/mol. The normalized spacial score (nSPS) is 11.8. The second kappa shape index (κ2) is 5.34. The first-order chi connectivity index (χ1) is 8.63. The van der Waals surface area contributed by atoms with Crippen LogP contribution in [0.2, 0.25) is 0 Å². The van der Waals surface area contributed by atoms with E-state index < -0.39 is 0 Å². The van der Waals surface area contributed by atoms with Gasteiger partial charge in [0.15, 0.2) is 0 Å². The Morgan fingerprint density at radius 3 is 2.72 bits per heavy atom. The third-order valence-electron chi connectivity index (χ3n) is 2.37. The zero-order chi connectivity index (χ0) is 13.1. The Morgan fingerprint density at radius 1 is 1.39 bits per heavy atom. The standard InChI is InChI=1S/C13H8BrFN2S/c14-11-6-8(15)3-4-9(11)13(17)10(7-16)12-2-1-5-18-12/h1-6H,17H2/b13-10-. The van der Waals surface area contributed by atoms with E-state index in [2.05, 4.69) is 22.0 Å². The number of halogens is 2. The number of hydrogen-bond donors (Lipinski definition) is 1. The van der Waals surface area contributed by atoms with Crippen molar-refractivity contribution in [1.29, 1.82) is 5.26 Å². The molecule has 0 saturated heterocycles. The van der Waals surface area contributed by atoms with Crippen molar-refractivity contribution in [3.63, 3.8) is 0 Å². The van der Waals surface area contributed by atoms with Crippen molar-refractivity contribution in [2.75, 3.05) is 0 Å². The number of benzene rings is 1. The number of thiophene rings is 1. The first-order valence-corrected chi connectivity index (χ1v) is 6.70. The van der Waals surface area contributed by atoms with Gasteiger partial charge in [0.2, 0.25) is 0 Å². The lowest BCUT2D eigenvalue weighted by molar-refractivity contribution is 0.627. The molecule has 1 aromatic heterocycles. The average molecular weight is 323 g/mol. The van der Waals surface area contributed by atoms with E-state index >= 15 is 0 Å². The summed E-state index contributed by atoms with van der Waals surface area (Å²) in [4.78, 5) is 0.797. The number of nitriles is 1. The lowest BCUT2D eigenvalue weighted by Gasteiger charge is -2.07. The topological polar surface area (TPSA) is 49.8 Å². The smallest absolute Gasteiger partial charge is 0.124 e. The summed E-state index contributed by atoms with van der Waals surface area (Å²) in [5.74, 6) is -0.354. The number of rotatable bonds is 2. The zero-order valence-corrected chi connectivity index (χ0v) is 11.6. The molecule has 2 N–H and O–H groups in total. The fourth-order valence-electron chi connectivity index (χ4n) is 1.51. The van der Waals surface area contributed by atoms with Crippen LogP contribution < -0.4 is 5.73 Å². The van der Waals surface area contributed by atoms with Crippen molar-refractivity contribution in [1.82, 2.24) is 0 Å². The summed E-state index contributed by atoms with van der Waals surface area (Å²) in [6.45, 7) is 0. The maximum absolute atomic E-state index is 13.0. The van der Waals surface area contributed by atoms with Crippen LogP contribution >= 0.6 is 27.3 Å². The molecular formula is C13H8BrFN2S. The molecule has 0 spiro atoms. The fraction of sp³-hybridized carbons (Fsp3) is 0. The third-order valence-corrected chi connectivity index (χ3v) is 3.91. The highest BCUT2D eigenvalue weighted by molar-refractivity contribution is 9.10. The Morgan fingerprint density at radius 2 is 2.17 bits per heavy atom. The summed E-state index contributed by atoms with van der Waals surface area (Å²) < 4.78 is 13.5. The van der Waals surface area contributed by atoms with E-state index in [1.807, 2.05) is 17.5 Å². The van der Waals surface area contributed by atoms with Crippen LogP contribution in [0, 0.1) is 17.1 Å². The second-order valence-electron chi connectivity index (χ2n) is 3.50. The van der Waals surface area contributed by atoms with Crippen LogP contribution in [0.4, 0.5) is 4.39 Å². The van der Waals surface area contributed by atoms with Crippen LogP contribution in [-0.4, -0.2) is 0 Å². The van der Waals surface area contributed by atoms with Crippen molar-refractivity contribution < 1.29 is 4.39 Å². The summed E-state index contributed by atoms with van der Waals surface area (Å²) in [5.41, 5.74) is 7.36. The largest absolute Gasteiger partial charge is 0.397 e. The number of hydrogen-bond acceptors (Lipinski definition) is 3. The van der Waals surface area contributed by atoms with Crippen molar-refractivity contribution in [3.8, 4) is 6.07 Å². The number of nitrogens with two attached hydrogens (primary N) is 1. The van der Waals surface area contributed by atoms with Crippen molar-refractivity contribution in [2.24, 2.45) is 5.73 Å². The van der Waals surface area contributed by atoms with Crippen molar-refractivity contribution >= 4 is 38.5 Å². The van der Waals surface area contributed by atoms with Crippen LogP contribution in [0.1, 0.15) is 10.4 Å². The lowest BCUT2D eigenvalue weighted by atomic mass is 10.1. The summed E-state index contributed by atoms with van der Waals surface area (Å²) in [7, 11) is 0. The SMILES string of the molecule is N#C/C(=C(/N)c1ccc(F)cc1Br)c1cccs1. The van der Waals surface area contributed by atoms with E-state index in [-0.39, 0.29) is 5.82 Å². The lowest BCUT2D eigenvalue weighted by Crippen LogP contribution is -2.01. The summed E-state index contributed by atoms with van der Waals surface area (Å²) in [6.07, 6.45) is 0. The minimum absolute atomic E-state index is 0.340. The Hall–Kier alpha value is -1.64. The van der Waals surface area contributed by atoms with Gasteiger partial charge in [0, 0.05) is 14.9 Å². The van der Waals surface area contributed by atoms with Gasteiger partial charge in [0.25, 0.3) is 0 Å². The Bertz CT molecular complexity index is 642. The summed E-state index contributed by atoms with van der Waals surface area (Å²) >= 11 is 4.69. The molecule has 1 aromatic carbocycles. The van der Waals surface area contributed by atoms with Gasteiger partial charge in [-0.05, 0) is 45.6 Å².